The van der Waals surface area contributed by atoms with E-state index >= 15 is 0 Å². The lowest BCUT2D eigenvalue weighted by molar-refractivity contribution is -0.120. The summed E-state index contributed by atoms with van der Waals surface area (Å²) in [6.07, 6.45) is 2.21. The van der Waals surface area contributed by atoms with E-state index in [0.717, 1.165) is 11.1 Å². The highest BCUT2D eigenvalue weighted by atomic mass is 16.5. The Morgan fingerprint density at radius 3 is 2.54 bits per heavy atom. The Balaban J connectivity index is 1.34. The first-order valence-electron chi connectivity index (χ1n) is 14.6. The van der Waals surface area contributed by atoms with E-state index in [-0.39, 0.29) is 5.91 Å². The van der Waals surface area contributed by atoms with Crippen LogP contribution >= 0.6 is 0 Å². The van der Waals surface area contributed by atoms with Gasteiger partial charge in [0.05, 0.1) is 44.3 Å². The maximum Gasteiger partial charge on any atom is 0.250 e. The third-order valence-electron chi connectivity index (χ3n) is 8.10. The van der Waals surface area contributed by atoms with Crippen molar-refractivity contribution >= 4 is 46.0 Å². The number of methoxy groups -OCH3 is 3. The Labute approximate surface area is 265 Å². The van der Waals surface area contributed by atoms with E-state index in [0.29, 0.717) is 75.8 Å². The predicted octanol–water partition coefficient (Wildman–Crippen LogP) is 4.65. The molecule has 5 aromatic rings. The van der Waals surface area contributed by atoms with E-state index in [9.17, 15) is 9.59 Å². The summed E-state index contributed by atoms with van der Waals surface area (Å²) in [7, 11) is 6.51. The molecule has 2 amide bonds. The van der Waals surface area contributed by atoms with Crippen molar-refractivity contribution in [1.29, 1.82) is 0 Å². The van der Waals surface area contributed by atoms with Gasteiger partial charge < -0.3 is 40.0 Å². The first-order valence-corrected chi connectivity index (χ1v) is 14.6. The molecule has 2 aromatic heterocycles. The highest BCUT2D eigenvalue weighted by Crippen LogP contribution is 2.39. The fraction of sp³-hybridized carbons (Fsp3) is 0.242. The van der Waals surface area contributed by atoms with Crippen molar-refractivity contribution in [2.45, 2.75) is 25.9 Å². The minimum atomic E-state index is -0.548. The lowest BCUT2D eigenvalue weighted by atomic mass is 10.1. The number of rotatable bonds is 10. The largest absolute Gasteiger partial charge is 0.497 e. The van der Waals surface area contributed by atoms with Crippen LogP contribution in [-0.4, -0.2) is 66.2 Å². The number of anilines is 4. The number of H-pyrrole nitrogens is 1. The van der Waals surface area contributed by atoms with Crippen LogP contribution in [-0.2, 0) is 11.3 Å². The van der Waals surface area contributed by atoms with E-state index in [2.05, 4.69) is 20.3 Å². The number of nitrogens with zero attached hydrogens (tertiary/aromatic N) is 5. The molecule has 46 heavy (non-hydrogen) atoms. The van der Waals surface area contributed by atoms with Crippen LogP contribution < -0.4 is 35.1 Å². The first-order chi connectivity index (χ1) is 22.3. The lowest BCUT2D eigenvalue weighted by Crippen LogP contribution is -2.52. The summed E-state index contributed by atoms with van der Waals surface area (Å²) in [6, 6.07) is 15.9. The number of carbonyl (C=O) groups excluding carboxylic acids is 2. The van der Waals surface area contributed by atoms with Crippen molar-refractivity contribution in [2.75, 3.05) is 43.5 Å². The molecular formula is C33H34N8O5. The third kappa shape index (κ3) is 5.36. The van der Waals surface area contributed by atoms with Gasteiger partial charge in [0.2, 0.25) is 11.9 Å². The smallest absolute Gasteiger partial charge is 0.250 e. The molecule has 236 valence electrons. The molecule has 0 saturated heterocycles. The van der Waals surface area contributed by atoms with Crippen LogP contribution in [0.5, 0.6) is 17.2 Å². The summed E-state index contributed by atoms with van der Waals surface area (Å²) in [5, 5.41) is 3.27. The Hall–Kier alpha value is -5.85. The van der Waals surface area contributed by atoms with Crippen molar-refractivity contribution in [3.63, 3.8) is 0 Å². The highest BCUT2D eigenvalue weighted by Gasteiger charge is 2.37. The van der Waals surface area contributed by atoms with Gasteiger partial charge in [-0.15, -0.1) is 0 Å². The molecule has 1 atom stereocenters. The van der Waals surface area contributed by atoms with Gasteiger partial charge in [-0.2, -0.15) is 4.98 Å². The zero-order chi connectivity index (χ0) is 32.5. The quantitative estimate of drug-likeness (QED) is 0.200. The summed E-state index contributed by atoms with van der Waals surface area (Å²) >= 11 is 0. The number of amides is 2. The average Bonchev–Trinajstić information content (AvgIpc) is 3.52. The predicted molar refractivity (Wildman–Crippen MR) is 175 cm³/mol. The normalized spacial score (nSPS) is 14.3. The molecule has 0 aliphatic carbocycles. The number of nitrogens with one attached hydrogen (secondary N) is 2. The molecule has 6 rings (SSSR count). The van der Waals surface area contributed by atoms with Crippen LogP contribution in [0.2, 0.25) is 0 Å². The van der Waals surface area contributed by atoms with E-state index in [1.54, 1.807) is 51.6 Å². The molecule has 13 nitrogen and oxygen atoms in total. The number of likely N-dealkylation sites (N-methyl/N-ethyl adjacent to an activating group) is 1. The summed E-state index contributed by atoms with van der Waals surface area (Å²) in [4.78, 5) is 46.2. The average molecular weight is 623 g/mol. The second kappa shape index (κ2) is 12.3. The van der Waals surface area contributed by atoms with Gasteiger partial charge in [-0.25, -0.2) is 9.97 Å². The minimum Gasteiger partial charge on any atom is -0.497 e. The molecule has 13 heteroatoms. The van der Waals surface area contributed by atoms with E-state index in [1.165, 1.54) is 0 Å². The number of carbonyl (C=O) groups is 2. The highest BCUT2D eigenvalue weighted by molar-refractivity contribution is 6.05. The number of hydrogen-bond acceptors (Lipinski definition) is 10. The Morgan fingerprint density at radius 2 is 1.83 bits per heavy atom. The van der Waals surface area contributed by atoms with Crippen LogP contribution in [0.4, 0.5) is 23.1 Å². The number of aromatic nitrogens is 4. The molecule has 4 N–H and O–H groups in total. The summed E-state index contributed by atoms with van der Waals surface area (Å²) < 4.78 is 16.7. The number of hydrogen-bond donors (Lipinski definition) is 3. The van der Waals surface area contributed by atoms with Gasteiger partial charge in [-0.05, 0) is 48.9 Å². The van der Waals surface area contributed by atoms with Crippen LogP contribution in [0.1, 0.15) is 29.3 Å². The number of imidazole rings is 1. The number of benzene rings is 3. The molecule has 0 spiro atoms. The van der Waals surface area contributed by atoms with Crippen molar-refractivity contribution in [2.24, 2.45) is 5.73 Å². The molecule has 3 aromatic carbocycles. The molecule has 0 saturated carbocycles. The number of primary amides is 1. The Morgan fingerprint density at radius 1 is 1.02 bits per heavy atom. The summed E-state index contributed by atoms with van der Waals surface area (Å²) in [5.41, 5.74) is 9.91. The second-order valence-corrected chi connectivity index (χ2v) is 10.7. The minimum absolute atomic E-state index is 0.0439. The van der Waals surface area contributed by atoms with Crippen LogP contribution in [0.15, 0.2) is 60.8 Å². The van der Waals surface area contributed by atoms with Crippen LogP contribution in [0, 0.1) is 0 Å². The van der Waals surface area contributed by atoms with Crippen LogP contribution in [0.25, 0.3) is 22.4 Å². The van der Waals surface area contributed by atoms with Gasteiger partial charge in [0, 0.05) is 30.8 Å². The molecule has 1 aliphatic rings. The zero-order valence-electron chi connectivity index (χ0n) is 26.1. The SMILES string of the molecule is CC[C@@H]1C(=O)N(C)c2cnc(Nc3ccc(-c4nc5c(C(N)=O)cccc5[nH]4)cc3OC)nc2N1Cc1ccc(OC)cc1OC. The van der Waals surface area contributed by atoms with Gasteiger partial charge in [0.1, 0.15) is 40.3 Å². The molecule has 1 aliphatic heterocycles. The van der Waals surface area contributed by atoms with E-state index in [4.69, 9.17) is 24.9 Å². The lowest BCUT2D eigenvalue weighted by Gasteiger charge is -2.40. The monoisotopic (exact) mass is 622 g/mol. The van der Waals surface area contributed by atoms with Crippen molar-refractivity contribution in [1.82, 2.24) is 19.9 Å². The first kappa shape index (κ1) is 30.2. The molecule has 0 radical (unpaired) electrons. The van der Waals surface area contributed by atoms with Gasteiger partial charge in [-0.3, -0.25) is 9.59 Å². The summed E-state index contributed by atoms with van der Waals surface area (Å²) in [6.45, 7) is 2.35. The topological polar surface area (TPSA) is 161 Å². The van der Waals surface area contributed by atoms with Gasteiger partial charge in [0.25, 0.3) is 5.91 Å². The Bertz CT molecular complexity index is 1960. The zero-order valence-corrected chi connectivity index (χ0v) is 26.1. The number of ether oxygens (including phenoxy) is 3. The van der Waals surface area contributed by atoms with Crippen molar-refractivity contribution < 1.29 is 23.8 Å². The van der Waals surface area contributed by atoms with Crippen molar-refractivity contribution in [3.05, 3.63) is 71.9 Å². The molecule has 3 heterocycles. The second-order valence-electron chi connectivity index (χ2n) is 10.7. The van der Waals surface area contributed by atoms with Gasteiger partial charge in [0.15, 0.2) is 5.82 Å². The fourth-order valence-corrected chi connectivity index (χ4v) is 5.67. The number of para-hydroxylation sites is 1. The summed E-state index contributed by atoms with van der Waals surface area (Å²) in [5.74, 6) is 2.73. The molecule has 0 bridgehead atoms. The van der Waals surface area contributed by atoms with Gasteiger partial charge >= 0.3 is 0 Å². The number of aromatic amines is 1. The standard InChI is InChI=1S/C33H34N8O5/c1-6-24-32(43)40(2)25-16-35-33(39-31(25)41(24)17-19-10-12-20(44-3)15-26(19)45-4)37-22-13-11-18(14-27(22)46-5)30-36-23-9-7-8-21(29(34)42)28(23)38-30/h7-16,24H,6,17H2,1-5H3,(H2,34,42)(H,36,38)(H,35,37,39)/t24-/m1/s1. The molecule has 0 fully saturated rings. The maximum atomic E-state index is 13.4. The number of nitrogens with two attached hydrogens (primary N) is 1. The Kier molecular flexibility index (Phi) is 8.05. The van der Waals surface area contributed by atoms with E-state index in [1.807, 2.05) is 54.3 Å². The van der Waals surface area contributed by atoms with Gasteiger partial charge in [-0.1, -0.05) is 13.0 Å². The number of fused-ring (bicyclic) bond motifs is 2. The van der Waals surface area contributed by atoms with E-state index < -0.39 is 11.9 Å². The molecular weight excluding hydrogens is 588 g/mol. The fourth-order valence-electron chi connectivity index (χ4n) is 5.67. The maximum absolute atomic E-state index is 13.4. The van der Waals surface area contributed by atoms with Crippen LogP contribution in [0.3, 0.4) is 0 Å². The van der Waals surface area contributed by atoms with Crippen molar-refractivity contribution in [3.8, 4) is 28.6 Å². The third-order valence-corrected chi connectivity index (χ3v) is 8.10. The molecule has 0 unspecified atom stereocenters.